The fourth-order valence-corrected chi connectivity index (χ4v) is 0.814. The third kappa shape index (κ3) is 3.29. The maximum absolute atomic E-state index is 10.1. The Morgan fingerprint density at radius 2 is 2.00 bits per heavy atom. The molecule has 14 heavy (non-hydrogen) atoms. The van der Waals surface area contributed by atoms with Crippen molar-refractivity contribution in [2.24, 2.45) is 5.11 Å². The Bertz CT molecular complexity index is 230. The summed E-state index contributed by atoms with van der Waals surface area (Å²) in [5.41, 5.74) is 8.06. The minimum absolute atomic E-state index is 0.0622. The molecule has 0 aromatic heterocycles. The van der Waals surface area contributed by atoms with Crippen LogP contribution in [0.15, 0.2) is 5.11 Å². The van der Waals surface area contributed by atoms with E-state index in [0.717, 1.165) is 0 Å². The topological polar surface area (TPSA) is 147 Å². The number of hydrogen-bond donors (Lipinski definition) is 4. The molecule has 8 heteroatoms. The van der Waals surface area contributed by atoms with E-state index in [1.165, 1.54) is 0 Å². The number of azide groups is 1. The van der Waals surface area contributed by atoms with E-state index in [-0.39, 0.29) is 6.29 Å². The Labute approximate surface area is 79.0 Å². The number of aldehydes is 1. The normalized spacial score (nSPS) is 18.9. The van der Waals surface area contributed by atoms with Gasteiger partial charge in [0.2, 0.25) is 0 Å². The molecule has 0 aliphatic carbocycles. The van der Waals surface area contributed by atoms with Crippen molar-refractivity contribution in [3.05, 3.63) is 10.4 Å². The second-order valence-electron chi connectivity index (χ2n) is 2.56. The number of aliphatic hydroxyl groups excluding tert-OH is 4. The summed E-state index contributed by atoms with van der Waals surface area (Å²) in [7, 11) is 0. The maximum atomic E-state index is 10.1. The lowest BCUT2D eigenvalue weighted by Crippen LogP contribution is -2.45. The van der Waals surface area contributed by atoms with Gasteiger partial charge in [-0.15, -0.1) is 0 Å². The van der Waals surface area contributed by atoms with Crippen molar-refractivity contribution in [2.45, 2.75) is 24.4 Å². The largest absolute Gasteiger partial charge is 0.394 e. The molecule has 0 radical (unpaired) electrons. The van der Waals surface area contributed by atoms with Crippen molar-refractivity contribution in [3.8, 4) is 0 Å². The van der Waals surface area contributed by atoms with E-state index < -0.39 is 31.0 Å². The lowest BCUT2D eigenvalue weighted by molar-refractivity contribution is -0.119. The molecule has 0 saturated carbocycles. The fraction of sp³-hybridized carbons (Fsp3) is 0.833. The standard InChI is InChI=1S/C6H11N3O5/c7-9-8-5(3(12)1-10)6(14)4(13)2-11/h1,3-6,11-14H,2H2/t3-,4+,5-,6+/m0/s1. The van der Waals surface area contributed by atoms with Gasteiger partial charge < -0.3 is 25.2 Å². The number of hydrogen-bond acceptors (Lipinski definition) is 6. The third-order valence-corrected chi connectivity index (χ3v) is 1.61. The number of carbonyl (C=O) groups is 1. The van der Waals surface area contributed by atoms with Crippen molar-refractivity contribution in [3.63, 3.8) is 0 Å². The summed E-state index contributed by atoms with van der Waals surface area (Å²) in [6.07, 6.45) is -4.94. The molecule has 80 valence electrons. The molecule has 0 heterocycles. The van der Waals surface area contributed by atoms with Gasteiger partial charge in [0.1, 0.15) is 18.5 Å². The zero-order valence-corrected chi connectivity index (χ0v) is 7.13. The molecular weight excluding hydrogens is 194 g/mol. The van der Waals surface area contributed by atoms with Gasteiger partial charge in [-0.05, 0) is 5.53 Å². The quantitative estimate of drug-likeness (QED) is 0.170. The first-order chi connectivity index (χ1) is 6.58. The lowest BCUT2D eigenvalue weighted by Gasteiger charge is -2.23. The first-order valence-corrected chi connectivity index (χ1v) is 3.73. The zero-order chi connectivity index (χ0) is 11.1. The average Bonchev–Trinajstić information content (AvgIpc) is 2.22. The summed E-state index contributed by atoms with van der Waals surface area (Å²) in [4.78, 5) is 12.4. The number of rotatable bonds is 6. The number of nitrogens with zero attached hydrogens (tertiary/aromatic N) is 3. The van der Waals surface area contributed by atoms with E-state index in [2.05, 4.69) is 10.0 Å². The van der Waals surface area contributed by atoms with Crippen LogP contribution in [-0.2, 0) is 4.79 Å². The summed E-state index contributed by atoms with van der Waals surface area (Å²) in [6, 6.07) is -1.51. The van der Waals surface area contributed by atoms with Crippen LogP contribution in [0.25, 0.3) is 10.4 Å². The molecule has 0 fully saturated rings. The Balaban J connectivity index is 4.63. The van der Waals surface area contributed by atoms with Gasteiger partial charge in [-0.2, -0.15) is 0 Å². The molecule has 0 spiro atoms. The summed E-state index contributed by atoms with van der Waals surface area (Å²) in [6.45, 7) is -0.774. The molecule has 8 nitrogen and oxygen atoms in total. The minimum atomic E-state index is -1.72. The van der Waals surface area contributed by atoms with Gasteiger partial charge in [-0.25, -0.2) is 0 Å². The van der Waals surface area contributed by atoms with Gasteiger partial charge in [-0.1, -0.05) is 5.11 Å². The van der Waals surface area contributed by atoms with Crippen LogP contribution in [-0.4, -0.2) is 57.7 Å². The first kappa shape index (κ1) is 12.8. The maximum Gasteiger partial charge on any atom is 0.149 e. The van der Waals surface area contributed by atoms with Gasteiger partial charge in [-0.3, -0.25) is 0 Å². The van der Waals surface area contributed by atoms with Gasteiger partial charge in [0.05, 0.1) is 18.8 Å². The summed E-state index contributed by atoms with van der Waals surface area (Å²) in [5, 5.41) is 38.6. The van der Waals surface area contributed by atoms with Crippen LogP contribution in [0.2, 0.25) is 0 Å². The Morgan fingerprint density at radius 3 is 2.36 bits per heavy atom. The Kier molecular flexibility index (Phi) is 5.77. The molecular formula is C6H11N3O5. The fourth-order valence-electron chi connectivity index (χ4n) is 0.814. The Morgan fingerprint density at radius 1 is 1.43 bits per heavy atom. The van der Waals surface area contributed by atoms with Gasteiger partial charge in [0.25, 0.3) is 0 Å². The van der Waals surface area contributed by atoms with E-state index in [1.807, 2.05) is 0 Å². The van der Waals surface area contributed by atoms with E-state index in [4.69, 9.17) is 20.9 Å². The SMILES string of the molecule is [N-]=[N+]=N[C@H]([C@H](O)[C@H](O)CO)[C@@H](O)C=O. The molecule has 0 unspecified atom stereocenters. The minimum Gasteiger partial charge on any atom is -0.394 e. The Hall–Kier alpha value is -1.18. The van der Waals surface area contributed by atoms with Crippen LogP contribution < -0.4 is 0 Å². The highest BCUT2D eigenvalue weighted by molar-refractivity contribution is 5.57. The van der Waals surface area contributed by atoms with E-state index >= 15 is 0 Å². The predicted octanol–water partition coefficient (Wildman–Crippen LogP) is -2.06. The van der Waals surface area contributed by atoms with E-state index in [9.17, 15) is 9.90 Å². The molecule has 0 rings (SSSR count). The van der Waals surface area contributed by atoms with E-state index in [1.54, 1.807) is 0 Å². The second-order valence-corrected chi connectivity index (χ2v) is 2.56. The molecule has 0 aliphatic rings. The van der Waals surface area contributed by atoms with E-state index in [0.29, 0.717) is 0 Å². The predicted molar refractivity (Wildman–Crippen MR) is 44.1 cm³/mol. The van der Waals surface area contributed by atoms with Crippen LogP contribution in [0.5, 0.6) is 0 Å². The molecule has 0 aromatic carbocycles. The van der Waals surface area contributed by atoms with Gasteiger partial charge in [0, 0.05) is 4.91 Å². The number of carbonyl (C=O) groups excluding carboxylic acids is 1. The van der Waals surface area contributed by atoms with Crippen LogP contribution in [0, 0.1) is 0 Å². The molecule has 4 atom stereocenters. The smallest absolute Gasteiger partial charge is 0.149 e. The molecule has 0 aliphatic heterocycles. The molecule has 4 N–H and O–H groups in total. The zero-order valence-electron chi connectivity index (χ0n) is 7.13. The van der Waals surface area contributed by atoms with Gasteiger partial charge in [0.15, 0.2) is 0 Å². The van der Waals surface area contributed by atoms with Crippen molar-refractivity contribution in [2.75, 3.05) is 6.61 Å². The third-order valence-electron chi connectivity index (χ3n) is 1.61. The second kappa shape index (κ2) is 6.30. The summed E-state index contributed by atoms with van der Waals surface area (Å²) in [5.74, 6) is 0. The van der Waals surface area contributed by atoms with Crippen molar-refractivity contribution < 1.29 is 25.2 Å². The van der Waals surface area contributed by atoms with Crippen LogP contribution >= 0.6 is 0 Å². The summed E-state index contributed by atoms with van der Waals surface area (Å²) >= 11 is 0. The monoisotopic (exact) mass is 205 g/mol. The highest BCUT2D eigenvalue weighted by atomic mass is 16.4. The van der Waals surface area contributed by atoms with Crippen LogP contribution in [0.3, 0.4) is 0 Å². The highest BCUT2D eigenvalue weighted by Gasteiger charge is 2.30. The molecule has 0 bridgehead atoms. The average molecular weight is 205 g/mol. The van der Waals surface area contributed by atoms with Crippen molar-refractivity contribution >= 4 is 6.29 Å². The van der Waals surface area contributed by atoms with Crippen molar-refractivity contribution in [1.29, 1.82) is 0 Å². The first-order valence-electron chi connectivity index (χ1n) is 3.73. The van der Waals surface area contributed by atoms with Crippen LogP contribution in [0.4, 0.5) is 0 Å². The lowest BCUT2D eigenvalue weighted by atomic mass is 10.0. The molecule has 0 amide bonds. The van der Waals surface area contributed by atoms with Crippen molar-refractivity contribution in [1.82, 2.24) is 0 Å². The molecule has 0 saturated heterocycles. The molecule has 0 aromatic rings. The highest BCUT2D eigenvalue weighted by Crippen LogP contribution is 2.08. The summed E-state index contributed by atoms with van der Waals surface area (Å²) < 4.78 is 0. The van der Waals surface area contributed by atoms with Gasteiger partial charge >= 0.3 is 0 Å². The van der Waals surface area contributed by atoms with Crippen LogP contribution in [0.1, 0.15) is 0 Å². The number of aliphatic hydroxyl groups is 4.